The highest BCUT2D eigenvalue weighted by atomic mass is 35.5. The molecule has 0 radical (unpaired) electrons. The van der Waals surface area contributed by atoms with Crippen molar-refractivity contribution in [3.8, 4) is 0 Å². The van der Waals surface area contributed by atoms with Crippen molar-refractivity contribution in [1.82, 2.24) is 9.80 Å². The van der Waals surface area contributed by atoms with E-state index in [1.807, 2.05) is 36.4 Å². The van der Waals surface area contributed by atoms with Gasteiger partial charge < -0.3 is 10.1 Å². The Labute approximate surface area is 206 Å². The van der Waals surface area contributed by atoms with Crippen molar-refractivity contribution in [3.05, 3.63) is 59.1 Å². The number of likely N-dealkylation sites (tertiary alicyclic amines) is 1. The Bertz CT molecular complexity index is 887. The summed E-state index contributed by atoms with van der Waals surface area (Å²) >= 11 is 7.76. The van der Waals surface area contributed by atoms with Gasteiger partial charge in [0.2, 0.25) is 5.91 Å². The van der Waals surface area contributed by atoms with Crippen LogP contribution in [0.15, 0.2) is 53.4 Å². The lowest BCUT2D eigenvalue weighted by Gasteiger charge is -2.45. The van der Waals surface area contributed by atoms with Crippen molar-refractivity contribution < 1.29 is 9.53 Å². The predicted molar refractivity (Wildman–Crippen MR) is 137 cm³/mol. The lowest BCUT2D eigenvalue weighted by molar-refractivity contribution is -0.116. The average molecular weight is 488 g/mol. The van der Waals surface area contributed by atoms with Crippen LogP contribution in [0.5, 0.6) is 0 Å². The molecule has 2 heterocycles. The molecule has 2 fully saturated rings. The fourth-order valence-electron chi connectivity index (χ4n) is 4.97. The van der Waals surface area contributed by atoms with Gasteiger partial charge in [0.25, 0.3) is 0 Å². The molecule has 0 spiro atoms. The lowest BCUT2D eigenvalue weighted by atomic mass is 9.86. The smallest absolute Gasteiger partial charge is 0.224 e. The molecule has 1 amide bonds. The molecule has 178 valence electrons. The molecule has 2 aliphatic rings. The fourth-order valence-corrected chi connectivity index (χ4v) is 5.51. The van der Waals surface area contributed by atoms with Crippen molar-refractivity contribution in [3.63, 3.8) is 0 Å². The number of hydrogen-bond acceptors (Lipinski definition) is 5. The standard InChI is InChI=1S/C26H34ClN3O2S/c1-33-24-9-7-23(8-10-24)28-26(31)11-4-21-19-29(18-20-2-5-22(27)6-3-20)13-12-25(21)30-14-16-32-17-15-30/h2-3,5-10,21,25H,4,11-19H2,1H3,(H,28,31)/t21-,25+/m0/s1. The van der Waals surface area contributed by atoms with E-state index in [2.05, 4.69) is 33.5 Å². The Hall–Kier alpha value is -1.57. The van der Waals surface area contributed by atoms with Crippen molar-refractivity contribution in [2.24, 2.45) is 5.92 Å². The predicted octanol–water partition coefficient (Wildman–Crippen LogP) is 5.00. The number of ether oxygens (including phenoxy) is 1. The zero-order valence-corrected chi connectivity index (χ0v) is 20.9. The molecule has 1 N–H and O–H groups in total. The van der Waals surface area contributed by atoms with Gasteiger partial charge in [-0.1, -0.05) is 23.7 Å². The normalized spacial score (nSPS) is 22.2. The molecule has 2 atom stereocenters. The number of halogens is 1. The van der Waals surface area contributed by atoms with E-state index in [-0.39, 0.29) is 5.91 Å². The van der Waals surface area contributed by atoms with Crippen molar-refractivity contribution in [2.75, 3.05) is 51.0 Å². The van der Waals surface area contributed by atoms with E-state index in [1.165, 1.54) is 10.5 Å². The van der Waals surface area contributed by atoms with Gasteiger partial charge in [0, 0.05) is 54.2 Å². The quantitative estimate of drug-likeness (QED) is 0.530. The zero-order valence-electron chi connectivity index (χ0n) is 19.3. The largest absolute Gasteiger partial charge is 0.379 e. The number of piperidine rings is 1. The minimum Gasteiger partial charge on any atom is -0.379 e. The molecule has 2 saturated heterocycles. The molecule has 33 heavy (non-hydrogen) atoms. The Morgan fingerprint density at radius 1 is 1.09 bits per heavy atom. The summed E-state index contributed by atoms with van der Waals surface area (Å²) in [6.45, 7) is 6.63. The van der Waals surface area contributed by atoms with Gasteiger partial charge in [-0.05, 0) is 73.5 Å². The summed E-state index contributed by atoms with van der Waals surface area (Å²) < 4.78 is 5.59. The fraction of sp³-hybridized carbons (Fsp3) is 0.500. The summed E-state index contributed by atoms with van der Waals surface area (Å²) in [6, 6.07) is 16.7. The van der Waals surface area contributed by atoms with Crippen LogP contribution >= 0.6 is 23.4 Å². The number of carbonyl (C=O) groups excluding carboxylic acids is 1. The lowest BCUT2D eigenvalue weighted by Crippen LogP contribution is -2.53. The van der Waals surface area contributed by atoms with Gasteiger partial charge in [0.1, 0.15) is 0 Å². The highest BCUT2D eigenvalue weighted by molar-refractivity contribution is 7.98. The van der Waals surface area contributed by atoms with Gasteiger partial charge in [-0.3, -0.25) is 14.6 Å². The van der Waals surface area contributed by atoms with E-state index in [0.29, 0.717) is 18.4 Å². The second-order valence-electron chi connectivity index (χ2n) is 8.94. The number of hydrogen-bond donors (Lipinski definition) is 1. The van der Waals surface area contributed by atoms with Crippen LogP contribution in [0.3, 0.4) is 0 Å². The summed E-state index contributed by atoms with van der Waals surface area (Å²) in [5.41, 5.74) is 2.16. The number of morpholine rings is 1. The van der Waals surface area contributed by atoms with Crippen molar-refractivity contribution in [1.29, 1.82) is 0 Å². The second kappa shape index (κ2) is 12.2. The molecule has 0 unspecified atom stereocenters. The Morgan fingerprint density at radius 2 is 1.82 bits per heavy atom. The number of nitrogens with one attached hydrogen (secondary N) is 1. The van der Waals surface area contributed by atoms with Gasteiger partial charge in [-0.15, -0.1) is 11.8 Å². The van der Waals surface area contributed by atoms with Gasteiger partial charge in [0.15, 0.2) is 0 Å². The van der Waals surface area contributed by atoms with Gasteiger partial charge in [-0.25, -0.2) is 0 Å². The van der Waals surface area contributed by atoms with E-state index in [1.54, 1.807) is 11.8 Å². The van der Waals surface area contributed by atoms with Crippen LogP contribution in [-0.4, -0.2) is 67.4 Å². The number of amides is 1. The van der Waals surface area contributed by atoms with Gasteiger partial charge in [-0.2, -0.15) is 0 Å². The first-order valence-electron chi connectivity index (χ1n) is 11.8. The molecule has 2 aliphatic heterocycles. The van der Waals surface area contributed by atoms with Gasteiger partial charge >= 0.3 is 0 Å². The maximum Gasteiger partial charge on any atom is 0.224 e. The minimum atomic E-state index is 0.0995. The molecule has 7 heteroatoms. The van der Waals surface area contributed by atoms with Crippen LogP contribution in [0.2, 0.25) is 5.02 Å². The minimum absolute atomic E-state index is 0.0995. The monoisotopic (exact) mass is 487 g/mol. The first-order valence-corrected chi connectivity index (χ1v) is 13.4. The van der Waals surface area contributed by atoms with Crippen LogP contribution in [-0.2, 0) is 16.1 Å². The van der Waals surface area contributed by atoms with Crippen LogP contribution in [0.25, 0.3) is 0 Å². The molecule has 4 rings (SSSR count). The Morgan fingerprint density at radius 3 is 2.52 bits per heavy atom. The summed E-state index contributed by atoms with van der Waals surface area (Å²) in [7, 11) is 0. The van der Waals surface area contributed by atoms with Crippen LogP contribution in [0, 0.1) is 5.92 Å². The number of anilines is 1. The third-order valence-electron chi connectivity index (χ3n) is 6.73. The molecular weight excluding hydrogens is 454 g/mol. The molecule has 0 bridgehead atoms. The van der Waals surface area contributed by atoms with Gasteiger partial charge in [0.05, 0.1) is 13.2 Å². The van der Waals surface area contributed by atoms with E-state index in [4.69, 9.17) is 16.3 Å². The first-order chi connectivity index (χ1) is 16.1. The Kier molecular flexibility index (Phi) is 9.10. The number of thioether (sulfide) groups is 1. The summed E-state index contributed by atoms with van der Waals surface area (Å²) in [6.07, 6.45) is 4.63. The number of rotatable bonds is 8. The maximum absolute atomic E-state index is 12.7. The van der Waals surface area contributed by atoms with E-state index in [0.717, 1.165) is 69.5 Å². The third kappa shape index (κ3) is 7.20. The number of carbonyl (C=O) groups is 1. The highest BCUT2D eigenvalue weighted by Gasteiger charge is 2.34. The molecule has 2 aromatic carbocycles. The van der Waals surface area contributed by atoms with Crippen molar-refractivity contribution in [2.45, 2.75) is 36.7 Å². The topological polar surface area (TPSA) is 44.8 Å². The molecule has 2 aromatic rings. The zero-order chi connectivity index (χ0) is 23.0. The van der Waals surface area contributed by atoms with Crippen molar-refractivity contribution >= 4 is 35.0 Å². The SMILES string of the molecule is CSc1ccc(NC(=O)CC[C@H]2CN(Cc3ccc(Cl)cc3)CC[C@H]2N2CCOCC2)cc1. The third-order valence-corrected chi connectivity index (χ3v) is 7.72. The maximum atomic E-state index is 12.7. The summed E-state index contributed by atoms with van der Waals surface area (Å²) in [5.74, 6) is 0.566. The summed E-state index contributed by atoms with van der Waals surface area (Å²) in [4.78, 5) is 19.0. The number of benzene rings is 2. The molecular formula is C26H34ClN3O2S. The second-order valence-corrected chi connectivity index (χ2v) is 10.3. The average Bonchev–Trinajstić information content (AvgIpc) is 2.85. The van der Waals surface area contributed by atoms with Crippen LogP contribution in [0.1, 0.15) is 24.8 Å². The Balaban J connectivity index is 1.36. The molecule has 0 saturated carbocycles. The van der Waals surface area contributed by atoms with E-state index >= 15 is 0 Å². The highest BCUT2D eigenvalue weighted by Crippen LogP contribution is 2.28. The first kappa shape index (κ1) is 24.6. The van der Waals surface area contributed by atoms with Crippen LogP contribution in [0.4, 0.5) is 5.69 Å². The van der Waals surface area contributed by atoms with E-state index in [9.17, 15) is 4.79 Å². The molecule has 0 aliphatic carbocycles. The number of nitrogens with zero attached hydrogens (tertiary/aromatic N) is 2. The summed E-state index contributed by atoms with van der Waals surface area (Å²) in [5, 5.41) is 3.85. The van der Waals surface area contributed by atoms with Crippen LogP contribution < -0.4 is 5.32 Å². The molecule has 0 aromatic heterocycles. The molecule has 5 nitrogen and oxygen atoms in total. The van der Waals surface area contributed by atoms with E-state index < -0.39 is 0 Å².